The summed E-state index contributed by atoms with van der Waals surface area (Å²) in [5.74, 6) is 8.41. The summed E-state index contributed by atoms with van der Waals surface area (Å²) in [7, 11) is -2.12. The standard InChI is InChI=1S/C42H34Si/c1-27-25-39-35(33-19-9-15-29-13-5-7-17-31(29)33)21-11-23-37(39)41(27)43(3,4)42-28(2)26-40-36(22-12-24-38(40)42)34-20-10-16-30-14-6-8-18-32(30)34/h5-26H,1-4H3. The first-order chi connectivity index (χ1) is 20.9. The molecule has 0 N–H and O–H groups in total. The molecule has 0 unspecified atom stereocenters. The third-order valence-corrected chi connectivity index (χ3v) is 13.5. The maximum absolute atomic E-state index is 2.56. The van der Waals surface area contributed by atoms with E-state index in [0.29, 0.717) is 0 Å². The van der Waals surface area contributed by atoms with Gasteiger partial charge in [-0.1, -0.05) is 148 Å². The minimum Gasteiger partial charge on any atom is -0.0761 e. The van der Waals surface area contributed by atoms with Gasteiger partial charge in [0.2, 0.25) is 0 Å². The lowest BCUT2D eigenvalue weighted by atomic mass is 9.80. The van der Waals surface area contributed by atoms with Crippen molar-refractivity contribution < 1.29 is 0 Å². The molecule has 8 rings (SSSR count). The first-order valence-electron chi connectivity index (χ1n) is 15.3. The van der Waals surface area contributed by atoms with Crippen LogP contribution in [0.25, 0.3) is 32.7 Å². The molecule has 2 saturated carbocycles. The van der Waals surface area contributed by atoms with Crippen molar-refractivity contribution in [2.24, 2.45) is 0 Å². The molecular weight excluding hydrogens is 533 g/mol. The maximum atomic E-state index is 2.56. The van der Waals surface area contributed by atoms with Crippen LogP contribution in [0.1, 0.15) is 25.0 Å². The molecule has 0 heterocycles. The van der Waals surface area contributed by atoms with Crippen LogP contribution in [0, 0.1) is 59.4 Å². The molecule has 0 spiro atoms. The minimum absolute atomic E-state index is 1.29. The van der Waals surface area contributed by atoms with E-state index in [1.54, 1.807) is 11.1 Å². The molecule has 0 aromatic heterocycles. The van der Waals surface area contributed by atoms with Crippen LogP contribution in [-0.2, 0) is 0 Å². The Morgan fingerprint density at radius 2 is 0.884 bits per heavy atom. The largest absolute Gasteiger partial charge is 0.0761 e. The van der Waals surface area contributed by atoms with E-state index in [2.05, 4.69) is 161 Å². The molecule has 0 amide bonds. The van der Waals surface area contributed by atoms with E-state index in [4.69, 9.17) is 0 Å². The molecule has 4 aromatic carbocycles. The van der Waals surface area contributed by atoms with Crippen LogP contribution in [0.3, 0.4) is 0 Å². The van der Waals surface area contributed by atoms with Crippen LogP contribution in [0.4, 0.5) is 0 Å². The normalized spacial score (nSPS) is 21.6. The molecule has 10 radical (unpaired) electrons. The van der Waals surface area contributed by atoms with Gasteiger partial charge in [-0.2, -0.15) is 0 Å². The van der Waals surface area contributed by atoms with Gasteiger partial charge in [0.25, 0.3) is 0 Å². The van der Waals surface area contributed by atoms with Crippen molar-refractivity contribution in [2.75, 3.05) is 0 Å². The van der Waals surface area contributed by atoms with E-state index in [1.165, 1.54) is 79.3 Å². The summed E-state index contributed by atoms with van der Waals surface area (Å²) in [6, 6.07) is 30.9. The van der Waals surface area contributed by atoms with Gasteiger partial charge in [0, 0.05) is 23.7 Å². The summed E-state index contributed by atoms with van der Waals surface area (Å²) in [6.45, 7) is 9.79. The number of benzene rings is 4. The number of hydrogen-bond acceptors (Lipinski definition) is 0. The quantitative estimate of drug-likeness (QED) is 0.216. The summed E-state index contributed by atoms with van der Waals surface area (Å²) in [5.41, 5.74) is 8.42. The predicted molar refractivity (Wildman–Crippen MR) is 186 cm³/mol. The van der Waals surface area contributed by atoms with E-state index < -0.39 is 8.07 Å². The summed E-state index contributed by atoms with van der Waals surface area (Å²) in [6.07, 6.45) is 18.8. The zero-order valence-electron chi connectivity index (χ0n) is 25.2. The lowest BCUT2D eigenvalue weighted by molar-refractivity contribution is 1.07. The maximum Gasteiger partial charge on any atom is 0.0642 e. The summed E-state index contributed by atoms with van der Waals surface area (Å²) in [4.78, 5) is 0. The summed E-state index contributed by atoms with van der Waals surface area (Å²) >= 11 is 0. The van der Waals surface area contributed by atoms with Crippen molar-refractivity contribution in [1.29, 1.82) is 0 Å². The molecule has 43 heavy (non-hydrogen) atoms. The Morgan fingerprint density at radius 3 is 1.35 bits per heavy atom. The fourth-order valence-electron chi connectivity index (χ4n) is 8.05. The van der Waals surface area contributed by atoms with Crippen LogP contribution in [-0.4, -0.2) is 8.07 Å². The minimum atomic E-state index is -2.12. The Bertz CT molecular complexity index is 1690. The Labute approximate surface area is 258 Å². The van der Waals surface area contributed by atoms with Crippen molar-refractivity contribution in [1.82, 2.24) is 0 Å². The fourth-order valence-corrected chi connectivity index (χ4v) is 12.2. The highest BCUT2D eigenvalue weighted by atomic mass is 28.3. The number of rotatable bonds is 4. The second-order valence-corrected chi connectivity index (χ2v) is 16.9. The summed E-state index contributed by atoms with van der Waals surface area (Å²) < 4.78 is 0. The van der Waals surface area contributed by atoms with Crippen molar-refractivity contribution in [3.63, 3.8) is 0 Å². The molecular formula is C42H34Si. The molecule has 0 nitrogen and oxygen atoms in total. The predicted octanol–water partition coefficient (Wildman–Crippen LogP) is 10.5. The van der Waals surface area contributed by atoms with Crippen LogP contribution in [0.5, 0.6) is 0 Å². The van der Waals surface area contributed by atoms with E-state index in [-0.39, 0.29) is 0 Å². The van der Waals surface area contributed by atoms with Crippen molar-refractivity contribution in [3.8, 4) is 0 Å². The van der Waals surface area contributed by atoms with Crippen molar-refractivity contribution in [3.05, 3.63) is 192 Å². The first-order valence-corrected chi connectivity index (χ1v) is 18.3. The average Bonchev–Trinajstić information content (AvgIpc) is 3.56. The van der Waals surface area contributed by atoms with Gasteiger partial charge >= 0.3 is 0 Å². The third kappa shape index (κ3) is 4.22. The highest BCUT2D eigenvalue weighted by molar-refractivity contribution is 6.90. The SMILES string of the molecule is C[C]1[CH][C]2[C](C=CC=C2c2cccc3ccccc23)[C]1[Si](C)(C)[C]1[C](C)[CH][C]2[C]1C=CC=C2c1cccc2ccccc12. The van der Waals surface area contributed by atoms with Gasteiger partial charge in [0.15, 0.2) is 0 Å². The molecule has 0 atom stereocenters. The molecule has 0 aliphatic heterocycles. The monoisotopic (exact) mass is 566 g/mol. The van der Waals surface area contributed by atoms with E-state index in [1.807, 2.05) is 0 Å². The highest BCUT2D eigenvalue weighted by Gasteiger charge is 2.59. The smallest absolute Gasteiger partial charge is 0.0642 e. The zero-order chi connectivity index (χ0) is 29.3. The highest BCUT2D eigenvalue weighted by Crippen LogP contribution is 2.64. The molecule has 0 bridgehead atoms. The topological polar surface area (TPSA) is 0 Å². The van der Waals surface area contributed by atoms with E-state index >= 15 is 0 Å². The van der Waals surface area contributed by atoms with Gasteiger partial charge in [-0.25, -0.2) is 0 Å². The number of hydrogen-bond donors (Lipinski definition) is 0. The molecule has 2 fully saturated rings. The van der Waals surface area contributed by atoms with Crippen molar-refractivity contribution >= 4 is 40.8 Å². The van der Waals surface area contributed by atoms with Gasteiger partial charge < -0.3 is 0 Å². The second kappa shape index (κ2) is 10.3. The van der Waals surface area contributed by atoms with Crippen LogP contribution in [0.2, 0.25) is 13.1 Å². The fraction of sp³-hybridized carbons (Fsp3) is 0.0952. The third-order valence-electron chi connectivity index (χ3n) is 9.67. The second-order valence-electron chi connectivity index (χ2n) is 12.6. The van der Waals surface area contributed by atoms with Gasteiger partial charge in [0.1, 0.15) is 0 Å². The average molecular weight is 567 g/mol. The Hall–Kier alpha value is -3.42. The van der Waals surface area contributed by atoms with Crippen LogP contribution < -0.4 is 0 Å². The molecule has 206 valence electrons. The van der Waals surface area contributed by atoms with Crippen LogP contribution >= 0.6 is 0 Å². The Balaban J connectivity index is 1.13. The lowest BCUT2D eigenvalue weighted by Gasteiger charge is -2.44. The Morgan fingerprint density at radius 1 is 0.465 bits per heavy atom. The van der Waals surface area contributed by atoms with Gasteiger partial charge in [-0.3, -0.25) is 0 Å². The molecule has 4 aliphatic carbocycles. The number of fused-ring (bicyclic) bond motifs is 4. The van der Waals surface area contributed by atoms with Crippen LogP contribution in [0.15, 0.2) is 121 Å². The van der Waals surface area contributed by atoms with E-state index in [9.17, 15) is 0 Å². The van der Waals surface area contributed by atoms with E-state index in [0.717, 1.165) is 0 Å². The van der Waals surface area contributed by atoms with Gasteiger partial charge in [-0.05, 0) is 79.6 Å². The summed E-state index contributed by atoms with van der Waals surface area (Å²) in [5, 5.41) is 5.20. The van der Waals surface area contributed by atoms with Gasteiger partial charge in [-0.15, -0.1) is 0 Å². The lowest BCUT2D eigenvalue weighted by Crippen LogP contribution is -2.48. The van der Waals surface area contributed by atoms with Gasteiger partial charge in [0.05, 0.1) is 8.07 Å². The molecule has 4 aromatic rings. The number of allylic oxidation sites excluding steroid dienone is 8. The van der Waals surface area contributed by atoms with Crippen molar-refractivity contribution in [2.45, 2.75) is 26.9 Å². The molecule has 1 heteroatoms. The molecule has 0 saturated heterocycles. The first kappa shape index (κ1) is 27.1. The Kier molecular flexibility index (Phi) is 6.53. The zero-order valence-corrected chi connectivity index (χ0v) is 26.2. The molecule has 4 aliphatic rings.